The first-order valence-electron chi connectivity index (χ1n) is 6.68. The van der Waals surface area contributed by atoms with Crippen molar-refractivity contribution in [3.63, 3.8) is 0 Å². The molecule has 0 saturated carbocycles. The lowest BCUT2D eigenvalue weighted by Crippen LogP contribution is -2.26. The first-order valence-corrected chi connectivity index (χ1v) is 7.43. The second-order valence-electron chi connectivity index (χ2n) is 4.58. The molecular weight excluding hydrogens is 369 g/mol. The number of hydrogen-bond donors (Lipinski definition) is 1. The molecule has 0 aliphatic carbocycles. The van der Waals surface area contributed by atoms with E-state index in [2.05, 4.69) is 15.3 Å². The Morgan fingerprint density at radius 2 is 1.88 bits per heavy atom. The molecule has 11 heteroatoms. The van der Waals surface area contributed by atoms with Crippen LogP contribution in [0.1, 0.15) is 0 Å². The molecule has 1 heterocycles. The van der Waals surface area contributed by atoms with Crippen molar-refractivity contribution < 1.29 is 4.92 Å². The topological polar surface area (TPSA) is 132 Å². The number of hydrogen-bond acceptors (Lipinski definition) is 8. The van der Waals surface area contributed by atoms with Gasteiger partial charge in [-0.05, 0) is 18.2 Å². The van der Waals surface area contributed by atoms with E-state index in [1.54, 1.807) is 6.07 Å². The Morgan fingerprint density at radius 3 is 2.44 bits per heavy atom. The van der Waals surface area contributed by atoms with Crippen molar-refractivity contribution in [2.24, 2.45) is 0 Å². The van der Waals surface area contributed by atoms with E-state index in [0.29, 0.717) is 10.7 Å². The van der Waals surface area contributed by atoms with Crippen molar-refractivity contribution in [3.05, 3.63) is 44.7 Å². The summed E-state index contributed by atoms with van der Waals surface area (Å²) < 4.78 is 0. The van der Waals surface area contributed by atoms with Gasteiger partial charge in [0.1, 0.15) is 19.4 Å². The Morgan fingerprint density at radius 1 is 1.20 bits per heavy atom. The monoisotopic (exact) mass is 377 g/mol. The van der Waals surface area contributed by atoms with Gasteiger partial charge in [0.05, 0.1) is 27.1 Å². The first-order chi connectivity index (χ1) is 12.0. The average Bonchev–Trinajstić information content (AvgIpc) is 2.57. The highest BCUT2D eigenvalue weighted by atomic mass is 35.5. The summed E-state index contributed by atoms with van der Waals surface area (Å²) in [5.41, 5.74) is -0.0339. The minimum Gasteiger partial charge on any atom is -0.334 e. The predicted molar refractivity (Wildman–Crippen MR) is 91.9 cm³/mol. The van der Waals surface area contributed by atoms with Crippen LogP contribution in [0.15, 0.2) is 24.5 Å². The molecule has 25 heavy (non-hydrogen) atoms. The lowest BCUT2D eigenvalue weighted by atomic mass is 10.3. The standard InChI is InChI=1S/C14H9Cl2N7O2/c15-10-2-1-9(7-11(10)16)21-13-12(23(24)25)14(20-8-19-13)22(5-3-17)6-4-18/h1-2,7-8H,5-6H2,(H,19,20,21). The van der Waals surface area contributed by atoms with Gasteiger partial charge in [0, 0.05) is 5.69 Å². The summed E-state index contributed by atoms with van der Waals surface area (Å²) in [6.07, 6.45) is 1.10. The van der Waals surface area contributed by atoms with Crippen LogP contribution in [0.3, 0.4) is 0 Å². The van der Waals surface area contributed by atoms with Gasteiger partial charge in [0.25, 0.3) is 0 Å². The highest BCUT2D eigenvalue weighted by molar-refractivity contribution is 6.42. The summed E-state index contributed by atoms with van der Waals surface area (Å²) >= 11 is 11.8. The largest absolute Gasteiger partial charge is 0.353 e. The molecule has 126 valence electrons. The summed E-state index contributed by atoms with van der Waals surface area (Å²) in [5, 5.41) is 32.6. The highest BCUT2D eigenvalue weighted by Crippen LogP contribution is 2.34. The molecule has 1 aromatic heterocycles. The Labute approximate surface area is 152 Å². The smallest absolute Gasteiger partial charge is 0.334 e. The third-order valence-corrected chi connectivity index (χ3v) is 3.73. The summed E-state index contributed by atoms with van der Waals surface area (Å²) in [6.45, 7) is -0.477. The minimum atomic E-state index is -0.684. The van der Waals surface area contributed by atoms with Gasteiger partial charge < -0.3 is 10.2 Å². The Bertz CT molecular complexity index is 876. The number of nitrogens with one attached hydrogen (secondary N) is 1. The predicted octanol–water partition coefficient (Wildman–Crippen LogP) is 3.29. The zero-order valence-corrected chi connectivity index (χ0v) is 14.0. The van der Waals surface area contributed by atoms with E-state index in [1.807, 2.05) is 12.1 Å². The van der Waals surface area contributed by atoms with Crippen LogP contribution in [0.2, 0.25) is 10.0 Å². The fraction of sp³-hybridized carbons (Fsp3) is 0.143. The third kappa shape index (κ3) is 4.23. The van der Waals surface area contributed by atoms with Gasteiger partial charge >= 0.3 is 5.69 Å². The first kappa shape index (κ1) is 18.2. The van der Waals surface area contributed by atoms with E-state index in [-0.39, 0.29) is 29.7 Å². The van der Waals surface area contributed by atoms with Crippen molar-refractivity contribution in [1.82, 2.24) is 9.97 Å². The molecular formula is C14H9Cl2N7O2. The van der Waals surface area contributed by atoms with E-state index in [0.717, 1.165) is 6.33 Å². The van der Waals surface area contributed by atoms with Crippen LogP contribution < -0.4 is 10.2 Å². The lowest BCUT2D eigenvalue weighted by Gasteiger charge is -2.17. The molecule has 0 bridgehead atoms. The molecule has 1 aromatic carbocycles. The van der Waals surface area contributed by atoms with E-state index < -0.39 is 10.6 Å². The van der Waals surface area contributed by atoms with Gasteiger partial charge in [-0.1, -0.05) is 23.2 Å². The number of aromatic nitrogens is 2. The van der Waals surface area contributed by atoms with E-state index in [1.165, 1.54) is 17.0 Å². The van der Waals surface area contributed by atoms with Crippen LogP contribution in [-0.4, -0.2) is 28.0 Å². The Kier molecular flexibility index (Phi) is 5.90. The summed E-state index contributed by atoms with van der Waals surface area (Å²) in [5.74, 6) is -0.236. The van der Waals surface area contributed by atoms with Gasteiger partial charge in [-0.15, -0.1) is 0 Å². The lowest BCUT2D eigenvalue weighted by molar-refractivity contribution is -0.383. The van der Waals surface area contributed by atoms with Crippen LogP contribution in [0.25, 0.3) is 0 Å². The SMILES string of the molecule is N#CCN(CC#N)c1ncnc(Nc2ccc(Cl)c(Cl)c2)c1[N+](=O)[O-]. The number of nitrogens with zero attached hydrogens (tertiary/aromatic N) is 6. The van der Waals surface area contributed by atoms with Gasteiger partial charge in [0.2, 0.25) is 11.6 Å². The maximum Gasteiger partial charge on any atom is 0.353 e. The van der Waals surface area contributed by atoms with E-state index >= 15 is 0 Å². The maximum atomic E-state index is 11.5. The second kappa shape index (κ2) is 8.11. The quantitative estimate of drug-likeness (QED) is 0.460. The summed E-state index contributed by atoms with van der Waals surface area (Å²) in [7, 11) is 0. The molecule has 0 atom stereocenters. The molecule has 0 aliphatic heterocycles. The molecule has 2 rings (SSSR count). The maximum absolute atomic E-state index is 11.5. The van der Waals surface area contributed by atoms with Crippen molar-refractivity contribution in [2.45, 2.75) is 0 Å². The fourth-order valence-corrected chi connectivity index (χ4v) is 2.25. The molecule has 0 fully saturated rings. The van der Waals surface area contributed by atoms with Gasteiger partial charge in [-0.3, -0.25) is 10.1 Å². The van der Waals surface area contributed by atoms with Gasteiger partial charge in [-0.2, -0.15) is 10.5 Å². The van der Waals surface area contributed by atoms with Crippen LogP contribution in [0.5, 0.6) is 0 Å². The van der Waals surface area contributed by atoms with Crippen LogP contribution in [0, 0.1) is 32.8 Å². The molecule has 1 N–H and O–H groups in total. The number of nitro groups is 1. The summed E-state index contributed by atoms with van der Waals surface area (Å²) in [6, 6.07) is 8.26. The minimum absolute atomic E-state index is 0.103. The zero-order valence-electron chi connectivity index (χ0n) is 12.5. The van der Waals surface area contributed by atoms with E-state index in [9.17, 15) is 10.1 Å². The molecule has 0 spiro atoms. The van der Waals surface area contributed by atoms with Crippen molar-refractivity contribution in [3.8, 4) is 12.1 Å². The van der Waals surface area contributed by atoms with E-state index in [4.69, 9.17) is 33.7 Å². The molecule has 0 saturated heterocycles. The highest BCUT2D eigenvalue weighted by Gasteiger charge is 2.27. The van der Waals surface area contributed by atoms with Crippen molar-refractivity contribution in [1.29, 1.82) is 10.5 Å². The second-order valence-corrected chi connectivity index (χ2v) is 5.39. The molecule has 0 aliphatic rings. The van der Waals surface area contributed by atoms with Crippen LogP contribution >= 0.6 is 23.2 Å². The molecule has 9 nitrogen and oxygen atoms in total. The van der Waals surface area contributed by atoms with Crippen LogP contribution in [0.4, 0.5) is 23.0 Å². The number of anilines is 3. The third-order valence-electron chi connectivity index (χ3n) is 2.99. The summed E-state index contributed by atoms with van der Waals surface area (Å²) in [4.78, 5) is 19.7. The number of halogens is 2. The normalized spacial score (nSPS) is 9.76. The van der Waals surface area contributed by atoms with Gasteiger partial charge in [-0.25, -0.2) is 9.97 Å². The molecule has 0 unspecified atom stereocenters. The molecule has 0 radical (unpaired) electrons. The van der Waals surface area contributed by atoms with Crippen molar-refractivity contribution in [2.75, 3.05) is 23.3 Å². The number of nitriles is 2. The van der Waals surface area contributed by atoms with Gasteiger partial charge in [0.15, 0.2) is 0 Å². The zero-order chi connectivity index (χ0) is 18.4. The van der Waals surface area contributed by atoms with Crippen LogP contribution in [-0.2, 0) is 0 Å². The Balaban J connectivity index is 2.50. The number of benzene rings is 1. The van der Waals surface area contributed by atoms with Crippen molar-refractivity contribution >= 4 is 46.2 Å². The molecule has 2 aromatic rings. The Hall–Kier alpha value is -3.14. The number of rotatable bonds is 6. The molecule has 0 amide bonds. The fourth-order valence-electron chi connectivity index (χ4n) is 1.95. The average molecular weight is 378 g/mol.